The first kappa shape index (κ1) is 13.7. The van der Waals surface area contributed by atoms with Crippen molar-refractivity contribution in [2.24, 2.45) is 5.92 Å². The minimum atomic E-state index is -0.343. The number of unbranched alkanes of at least 4 members (excludes halogenated alkanes) is 1. The Morgan fingerprint density at radius 1 is 1.35 bits per heavy atom. The van der Waals surface area contributed by atoms with Gasteiger partial charge in [0.25, 0.3) is 5.56 Å². The van der Waals surface area contributed by atoms with Gasteiger partial charge in [-0.3, -0.25) is 9.78 Å². The number of hydrogen-bond donors (Lipinski definition) is 2. The van der Waals surface area contributed by atoms with Gasteiger partial charge in [0, 0.05) is 18.8 Å². The van der Waals surface area contributed by atoms with Crippen molar-refractivity contribution in [1.82, 2.24) is 14.9 Å². The first-order valence-corrected chi connectivity index (χ1v) is 6.10. The van der Waals surface area contributed by atoms with E-state index in [2.05, 4.69) is 24.1 Å². The van der Waals surface area contributed by atoms with Crippen molar-refractivity contribution < 1.29 is 0 Å². The minimum Gasteiger partial charge on any atom is -0.316 e. The quantitative estimate of drug-likeness (QED) is 0.683. The fourth-order valence-corrected chi connectivity index (χ4v) is 1.54. The topological polar surface area (TPSA) is 66.9 Å². The minimum absolute atomic E-state index is 0.326. The number of hydrogen-bond acceptors (Lipinski definition) is 3. The number of H-pyrrole nitrogens is 1. The van der Waals surface area contributed by atoms with E-state index in [0.717, 1.165) is 25.9 Å². The predicted molar refractivity (Wildman–Crippen MR) is 68.3 cm³/mol. The lowest BCUT2D eigenvalue weighted by atomic mass is 10.2. The Morgan fingerprint density at radius 3 is 2.76 bits per heavy atom. The smallest absolute Gasteiger partial charge is 0.316 e. The van der Waals surface area contributed by atoms with Crippen molar-refractivity contribution in [3.05, 3.63) is 33.1 Å². The number of rotatable bonds is 7. The summed E-state index contributed by atoms with van der Waals surface area (Å²) in [4.78, 5) is 24.4. The normalized spacial score (nSPS) is 11.0. The summed E-state index contributed by atoms with van der Waals surface area (Å²) in [5.41, 5.74) is -0.669. The lowest BCUT2D eigenvalue weighted by Crippen LogP contribution is -2.29. The van der Waals surface area contributed by atoms with Crippen LogP contribution in [0.15, 0.2) is 21.9 Å². The largest absolute Gasteiger partial charge is 0.328 e. The van der Waals surface area contributed by atoms with E-state index < -0.39 is 0 Å². The van der Waals surface area contributed by atoms with Gasteiger partial charge in [0.2, 0.25) is 0 Å². The van der Waals surface area contributed by atoms with Crippen molar-refractivity contribution >= 4 is 0 Å². The summed E-state index contributed by atoms with van der Waals surface area (Å²) in [6.07, 6.45) is 3.50. The maximum absolute atomic E-state index is 11.3. The number of aromatic amines is 1. The lowest BCUT2D eigenvalue weighted by Gasteiger charge is -2.07. The maximum Gasteiger partial charge on any atom is 0.328 e. The van der Waals surface area contributed by atoms with Crippen LogP contribution in [0.3, 0.4) is 0 Å². The molecule has 5 nitrogen and oxygen atoms in total. The van der Waals surface area contributed by atoms with Crippen molar-refractivity contribution in [2.45, 2.75) is 33.2 Å². The highest BCUT2D eigenvalue weighted by Gasteiger charge is 1.96. The van der Waals surface area contributed by atoms with E-state index in [9.17, 15) is 9.59 Å². The van der Waals surface area contributed by atoms with Gasteiger partial charge in [-0.2, -0.15) is 0 Å². The van der Waals surface area contributed by atoms with E-state index in [4.69, 9.17) is 0 Å². The van der Waals surface area contributed by atoms with Gasteiger partial charge in [-0.05, 0) is 31.8 Å². The van der Waals surface area contributed by atoms with Crippen LogP contribution in [-0.2, 0) is 6.54 Å². The molecule has 1 aromatic heterocycles. The molecule has 0 aliphatic rings. The molecular weight excluding hydrogens is 218 g/mol. The molecular formula is C12H21N3O2. The number of nitrogens with zero attached hydrogens (tertiary/aromatic N) is 1. The number of aromatic nitrogens is 2. The van der Waals surface area contributed by atoms with Crippen LogP contribution in [0.5, 0.6) is 0 Å². The molecule has 0 atom stereocenters. The van der Waals surface area contributed by atoms with Crippen molar-refractivity contribution in [3.8, 4) is 0 Å². The Kier molecular flexibility index (Phi) is 5.69. The van der Waals surface area contributed by atoms with Crippen LogP contribution in [0.4, 0.5) is 0 Å². The second-order valence-corrected chi connectivity index (χ2v) is 4.61. The fraction of sp³-hybridized carbons (Fsp3) is 0.667. The van der Waals surface area contributed by atoms with Crippen LogP contribution < -0.4 is 16.6 Å². The standard InChI is InChI=1S/C12H21N3O2/c1-10(2)9-13-6-3-4-7-15-8-5-11(16)14-12(15)17/h5,8,10,13H,3-4,6-7,9H2,1-2H3,(H,14,16,17). The van der Waals surface area contributed by atoms with Crippen LogP contribution in [0.2, 0.25) is 0 Å². The molecule has 0 aromatic carbocycles. The molecule has 1 heterocycles. The first-order chi connectivity index (χ1) is 8.09. The highest BCUT2D eigenvalue weighted by Crippen LogP contribution is 1.92. The van der Waals surface area contributed by atoms with E-state index in [1.807, 2.05) is 0 Å². The molecule has 0 unspecified atom stereocenters. The molecule has 0 aliphatic carbocycles. The Morgan fingerprint density at radius 2 is 2.12 bits per heavy atom. The fourth-order valence-electron chi connectivity index (χ4n) is 1.54. The van der Waals surface area contributed by atoms with Crippen molar-refractivity contribution in [3.63, 3.8) is 0 Å². The SMILES string of the molecule is CC(C)CNCCCCn1ccc(=O)[nH]c1=O. The van der Waals surface area contributed by atoms with E-state index in [1.54, 1.807) is 6.20 Å². The predicted octanol–water partition coefficient (Wildman–Crippen LogP) is 0.562. The van der Waals surface area contributed by atoms with E-state index >= 15 is 0 Å². The van der Waals surface area contributed by atoms with Crippen LogP contribution in [0, 0.1) is 5.92 Å². The summed E-state index contributed by atoms with van der Waals surface area (Å²) in [6, 6.07) is 1.37. The Bertz CT molecular complexity index is 434. The Labute approximate surface area is 101 Å². The summed E-state index contributed by atoms with van der Waals surface area (Å²) in [6.45, 7) is 6.99. The van der Waals surface area contributed by atoms with Gasteiger partial charge in [0.05, 0.1) is 0 Å². The zero-order chi connectivity index (χ0) is 12.7. The molecule has 0 fully saturated rings. The second-order valence-electron chi connectivity index (χ2n) is 4.61. The van der Waals surface area contributed by atoms with Gasteiger partial charge in [0.15, 0.2) is 0 Å². The van der Waals surface area contributed by atoms with E-state index in [0.29, 0.717) is 12.5 Å². The van der Waals surface area contributed by atoms with Crippen LogP contribution in [0.1, 0.15) is 26.7 Å². The highest BCUT2D eigenvalue weighted by molar-refractivity contribution is 4.82. The third-order valence-corrected chi connectivity index (χ3v) is 2.45. The summed E-state index contributed by atoms with van der Waals surface area (Å²) in [5, 5.41) is 3.35. The second kappa shape index (κ2) is 7.06. The zero-order valence-corrected chi connectivity index (χ0v) is 10.5. The van der Waals surface area contributed by atoms with Crippen LogP contribution in [0.25, 0.3) is 0 Å². The molecule has 0 bridgehead atoms. The summed E-state index contributed by atoms with van der Waals surface area (Å²) in [7, 11) is 0. The molecule has 1 aromatic rings. The van der Waals surface area contributed by atoms with Crippen molar-refractivity contribution in [2.75, 3.05) is 13.1 Å². The monoisotopic (exact) mass is 239 g/mol. The molecule has 0 aliphatic heterocycles. The number of aryl methyl sites for hydroxylation is 1. The van der Waals surface area contributed by atoms with Crippen molar-refractivity contribution in [1.29, 1.82) is 0 Å². The molecule has 5 heteroatoms. The van der Waals surface area contributed by atoms with Gasteiger partial charge in [-0.1, -0.05) is 13.8 Å². The average molecular weight is 239 g/mol. The molecule has 0 spiro atoms. The molecule has 1 rings (SSSR count). The summed E-state index contributed by atoms with van der Waals surface area (Å²) in [5.74, 6) is 0.664. The lowest BCUT2D eigenvalue weighted by molar-refractivity contribution is 0.513. The molecule has 0 saturated heterocycles. The highest BCUT2D eigenvalue weighted by atomic mass is 16.2. The van der Waals surface area contributed by atoms with Gasteiger partial charge in [-0.25, -0.2) is 4.79 Å². The average Bonchev–Trinajstić information content (AvgIpc) is 2.25. The summed E-state index contributed by atoms with van der Waals surface area (Å²) < 4.78 is 1.53. The van der Waals surface area contributed by atoms with E-state index in [-0.39, 0.29) is 11.2 Å². The van der Waals surface area contributed by atoms with Crippen LogP contribution >= 0.6 is 0 Å². The third kappa shape index (κ3) is 5.49. The molecule has 17 heavy (non-hydrogen) atoms. The Balaban J connectivity index is 2.22. The first-order valence-electron chi connectivity index (χ1n) is 6.10. The van der Waals surface area contributed by atoms with Gasteiger partial charge in [-0.15, -0.1) is 0 Å². The summed E-state index contributed by atoms with van der Waals surface area (Å²) >= 11 is 0. The zero-order valence-electron chi connectivity index (χ0n) is 10.5. The van der Waals surface area contributed by atoms with Crippen LogP contribution in [-0.4, -0.2) is 22.6 Å². The number of nitrogens with one attached hydrogen (secondary N) is 2. The Hall–Kier alpha value is -1.36. The van der Waals surface area contributed by atoms with Gasteiger partial charge >= 0.3 is 5.69 Å². The van der Waals surface area contributed by atoms with Gasteiger partial charge < -0.3 is 9.88 Å². The molecule has 96 valence electrons. The van der Waals surface area contributed by atoms with E-state index in [1.165, 1.54) is 10.6 Å². The molecule has 0 radical (unpaired) electrons. The molecule has 2 N–H and O–H groups in total. The maximum atomic E-state index is 11.3. The molecule has 0 amide bonds. The third-order valence-electron chi connectivity index (χ3n) is 2.45. The molecule has 0 saturated carbocycles. The van der Waals surface area contributed by atoms with Gasteiger partial charge in [0.1, 0.15) is 0 Å².